The van der Waals surface area contributed by atoms with Crippen LogP contribution in [0.15, 0.2) is 51.5 Å². The van der Waals surface area contributed by atoms with Gasteiger partial charge in [-0.25, -0.2) is 0 Å². The summed E-state index contributed by atoms with van der Waals surface area (Å²) in [7, 11) is 1.76. The second kappa shape index (κ2) is 9.52. The Hall–Kier alpha value is -2.64. The summed E-state index contributed by atoms with van der Waals surface area (Å²) in [5.41, 5.74) is 0.694. The predicted molar refractivity (Wildman–Crippen MR) is 105 cm³/mol. The summed E-state index contributed by atoms with van der Waals surface area (Å²) in [4.78, 5) is 16.2. The quantitative estimate of drug-likeness (QED) is 0.541. The van der Waals surface area contributed by atoms with Gasteiger partial charge in [0.2, 0.25) is 17.7 Å². The van der Waals surface area contributed by atoms with Crippen LogP contribution < -0.4 is 0 Å². The highest BCUT2D eigenvalue weighted by Crippen LogP contribution is 2.26. The van der Waals surface area contributed by atoms with E-state index in [0.29, 0.717) is 35.5 Å². The lowest BCUT2D eigenvalue weighted by Crippen LogP contribution is -2.38. The summed E-state index contributed by atoms with van der Waals surface area (Å²) in [5.74, 6) is 1.57. The maximum Gasteiger partial charge on any atom is 0.249 e. The maximum absolute atomic E-state index is 12.6. The SMILES string of the molecule is CCCN(CC(=O)N(C)Cc1ccco1)Cc1nnc(-c2ccccc2Cl)o1. The molecule has 8 heteroatoms. The van der Waals surface area contributed by atoms with Gasteiger partial charge in [-0.1, -0.05) is 30.7 Å². The van der Waals surface area contributed by atoms with E-state index >= 15 is 0 Å². The fourth-order valence-corrected chi connectivity index (χ4v) is 3.04. The van der Waals surface area contributed by atoms with Gasteiger partial charge in [-0.05, 0) is 37.2 Å². The van der Waals surface area contributed by atoms with Crippen LogP contribution in [0.4, 0.5) is 0 Å². The van der Waals surface area contributed by atoms with Gasteiger partial charge in [0.15, 0.2) is 0 Å². The average Bonchev–Trinajstić information content (AvgIpc) is 3.34. The molecule has 1 amide bonds. The largest absolute Gasteiger partial charge is 0.467 e. The number of aromatic nitrogens is 2. The minimum absolute atomic E-state index is 0.00399. The van der Waals surface area contributed by atoms with Gasteiger partial charge < -0.3 is 13.7 Å². The van der Waals surface area contributed by atoms with Crippen molar-refractivity contribution in [1.29, 1.82) is 0 Å². The van der Waals surface area contributed by atoms with Gasteiger partial charge in [-0.2, -0.15) is 0 Å². The lowest BCUT2D eigenvalue weighted by molar-refractivity contribution is -0.132. The van der Waals surface area contributed by atoms with E-state index in [-0.39, 0.29) is 12.5 Å². The number of likely N-dealkylation sites (N-methyl/N-ethyl adjacent to an activating group) is 1. The average molecular weight is 403 g/mol. The number of rotatable bonds is 9. The first-order chi connectivity index (χ1) is 13.6. The molecule has 0 N–H and O–H groups in total. The fraction of sp³-hybridized carbons (Fsp3) is 0.350. The van der Waals surface area contributed by atoms with Crippen LogP contribution in [0.1, 0.15) is 25.0 Å². The molecule has 1 aromatic carbocycles. The monoisotopic (exact) mass is 402 g/mol. The first-order valence-corrected chi connectivity index (χ1v) is 9.50. The standard InChI is InChI=1S/C20H23ClN4O3/c1-3-10-25(14-19(26)24(2)12-15-7-6-11-27-15)13-18-22-23-20(28-18)16-8-4-5-9-17(16)21/h4-9,11H,3,10,12-14H2,1-2H3. The van der Waals surface area contributed by atoms with Gasteiger partial charge >= 0.3 is 0 Å². The van der Waals surface area contributed by atoms with Crippen molar-refractivity contribution in [3.8, 4) is 11.5 Å². The van der Waals surface area contributed by atoms with Crippen LogP contribution in [0.2, 0.25) is 5.02 Å². The van der Waals surface area contributed by atoms with E-state index in [2.05, 4.69) is 17.1 Å². The number of nitrogens with zero attached hydrogens (tertiary/aromatic N) is 4. The molecule has 2 heterocycles. The highest BCUT2D eigenvalue weighted by molar-refractivity contribution is 6.33. The van der Waals surface area contributed by atoms with Gasteiger partial charge in [0.1, 0.15) is 5.76 Å². The van der Waals surface area contributed by atoms with E-state index in [4.69, 9.17) is 20.4 Å². The van der Waals surface area contributed by atoms with Crippen LogP contribution in [-0.2, 0) is 17.9 Å². The molecule has 0 spiro atoms. The van der Waals surface area contributed by atoms with E-state index in [1.165, 1.54) is 0 Å². The molecule has 0 saturated heterocycles. The molecule has 7 nitrogen and oxygen atoms in total. The Morgan fingerprint density at radius 1 is 1.14 bits per heavy atom. The minimum atomic E-state index is -0.00399. The summed E-state index contributed by atoms with van der Waals surface area (Å²) in [6.45, 7) is 3.89. The van der Waals surface area contributed by atoms with Crippen molar-refractivity contribution in [1.82, 2.24) is 20.0 Å². The van der Waals surface area contributed by atoms with Crippen LogP contribution in [0.5, 0.6) is 0 Å². The van der Waals surface area contributed by atoms with Crippen molar-refractivity contribution >= 4 is 17.5 Å². The van der Waals surface area contributed by atoms with Crippen molar-refractivity contribution in [2.24, 2.45) is 0 Å². The third-order valence-corrected chi connectivity index (χ3v) is 4.56. The highest BCUT2D eigenvalue weighted by Gasteiger charge is 2.18. The molecule has 2 aromatic heterocycles. The molecule has 28 heavy (non-hydrogen) atoms. The maximum atomic E-state index is 12.6. The Morgan fingerprint density at radius 3 is 2.68 bits per heavy atom. The zero-order chi connectivity index (χ0) is 19.9. The number of hydrogen-bond acceptors (Lipinski definition) is 6. The first-order valence-electron chi connectivity index (χ1n) is 9.12. The molecule has 148 valence electrons. The Morgan fingerprint density at radius 2 is 1.96 bits per heavy atom. The van der Waals surface area contributed by atoms with Crippen molar-refractivity contribution in [3.05, 3.63) is 59.3 Å². The Bertz CT molecular complexity index is 895. The molecular formula is C20H23ClN4O3. The molecule has 0 saturated carbocycles. The van der Waals surface area contributed by atoms with Crippen LogP contribution >= 0.6 is 11.6 Å². The van der Waals surface area contributed by atoms with E-state index in [0.717, 1.165) is 18.7 Å². The molecule has 0 radical (unpaired) electrons. The summed E-state index contributed by atoms with van der Waals surface area (Å²) in [5, 5.41) is 8.75. The van der Waals surface area contributed by atoms with Crippen molar-refractivity contribution in [3.63, 3.8) is 0 Å². The number of carbonyl (C=O) groups is 1. The highest BCUT2D eigenvalue weighted by atomic mass is 35.5. The van der Waals surface area contributed by atoms with Gasteiger partial charge in [0.05, 0.1) is 36.5 Å². The number of halogens is 1. The molecule has 0 aliphatic rings. The van der Waals surface area contributed by atoms with E-state index in [9.17, 15) is 4.79 Å². The summed E-state index contributed by atoms with van der Waals surface area (Å²) in [6, 6.07) is 11.0. The lowest BCUT2D eigenvalue weighted by Gasteiger charge is -2.23. The second-order valence-corrected chi connectivity index (χ2v) is 6.93. The molecule has 0 aliphatic carbocycles. The number of amides is 1. The van der Waals surface area contributed by atoms with Gasteiger partial charge in [0, 0.05) is 7.05 Å². The van der Waals surface area contributed by atoms with E-state index in [1.54, 1.807) is 24.3 Å². The van der Waals surface area contributed by atoms with Gasteiger partial charge in [-0.3, -0.25) is 9.69 Å². The Labute approximate surface area is 168 Å². The predicted octanol–water partition coefficient (Wildman–Crippen LogP) is 3.85. The second-order valence-electron chi connectivity index (χ2n) is 6.52. The fourth-order valence-electron chi connectivity index (χ4n) is 2.82. The zero-order valence-corrected chi connectivity index (χ0v) is 16.7. The van der Waals surface area contributed by atoms with Gasteiger partial charge in [-0.15, -0.1) is 10.2 Å². The van der Waals surface area contributed by atoms with Crippen LogP contribution in [0.3, 0.4) is 0 Å². The summed E-state index contributed by atoms with van der Waals surface area (Å²) < 4.78 is 11.1. The third-order valence-electron chi connectivity index (χ3n) is 4.23. The summed E-state index contributed by atoms with van der Waals surface area (Å²) in [6.07, 6.45) is 2.50. The topological polar surface area (TPSA) is 75.6 Å². The molecule has 0 unspecified atom stereocenters. The lowest BCUT2D eigenvalue weighted by atomic mass is 10.2. The molecular weight excluding hydrogens is 380 g/mol. The molecule has 0 fully saturated rings. The van der Waals surface area contributed by atoms with Crippen LogP contribution in [-0.4, -0.2) is 46.0 Å². The number of furan rings is 1. The zero-order valence-electron chi connectivity index (χ0n) is 16.0. The normalized spacial score (nSPS) is 11.1. The molecule has 0 aliphatic heterocycles. The summed E-state index contributed by atoms with van der Waals surface area (Å²) >= 11 is 6.19. The molecule has 3 rings (SSSR count). The number of benzene rings is 1. The van der Waals surface area contributed by atoms with E-state index in [1.807, 2.05) is 35.2 Å². The smallest absolute Gasteiger partial charge is 0.249 e. The van der Waals surface area contributed by atoms with Crippen LogP contribution in [0, 0.1) is 0 Å². The Kier molecular flexibility index (Phi) is 6.84. The molecule has 0 bridgehead atoms. The van der Waals surface area contributed by atoms with Crippen molar-refractivity contribution in [2.45, 2.75) is 26.4 Å². The van der Waals surface area contributed by atoms with Crippen molar-refractivity contribution in [2.75, 3.05) is 20.1 Å². The molecule has 0 atom stereocenters. The van der Waals surface area contributed by atoms with Gasteiger partial charge in [0.25, 0.3) is 0 Å². The third kappa shape index (κ3) is 5.21. The number of hydrogen-bond donors (Lipinski definition) is 0. The number of carbonyl (C=O) groups excluding carboxylic acids is 1. The first kappa shape index (κ1) is 20.1. The van der Waals surface area contributed by atoms with Crippen LogP contribution in [0.25, 0.3) is 11.5 Å². The van der Waals surface area contributed by atoms with Crippen molar-refractivity contribution < 1.29 is 13.6 Å². The molecule has 3 aromatic rings. The Balaban J connectivity index is 1.63. The minimum Gasteiger partial charge on any atom is -0.467 e. The van der Waals surface area contributed by atoms with E-state index < -0.39 is 0 Å².